The van der Waals surface area contributed by atoms with Crippen molar-refractivity contribution in [1.29, 1.82) is 0 Å². The second kappa shape index (κ2) is 7.92. The van der Waals surface area contributed by atoms with Gasteiger partial charge in [-0.05, 0) is 70.1 Å². The van der Waals surface area contributed by atoms with Crippen molar-refractivity contribution in [3.63, 3.8) is 0 Å². The SMILES string of the molecule is CC1CN(C(=O)c2ccnc(Br)c2)CC=C1c1cc(NC(=O)C2CC2)nc2[nH]ccc12. The minimum absolute atomic E-state index is 0.0100. The van der Waals surface area contributed by atoms with Gasteiger partial charge in [0.2, 0.25) is 5.91 Å². The lowest BCUT2D eigenvalue weighted by molar-refractivity contribution is -0.117. The number of hydrogen-bond acceptors (Lipinski definition) is 4. The Morgan fingerprint density at radius 1 is 1.26 bits per heavy atom. The Morgan fingerprint density at radius 3 is 2.84 bits per heavy atom. The molecule has 1 fully saturated rings. The number of pyridine rings is 2. The van der Waals surface area contributed by atoms with E-state index in [0.29, 0.717) is 29.1 Å². The quantitative estimate of drug-likeness (QED) is 0.547. The standard InChI is InChI=1S/C23H22BrN5O2/c1-13-12-29(23(31)15-4-7-25-19(24)10-15)9-6-16(13)18-11-20(28-22(30)14-2-3-14)27-21-17(18)5-8-26-21/h4-8,10-11,13-14H,2-3,9,12H2,1H3,(H2,26,27,28,30). The predicted octanol–water partition coefficient (Wildman–Crippen LogP) is 4.24. The number of aromatic amines is 1. The molecule has 1 atom stereocenters. The summed E-state index contributed by atoms with van der Waals surface area (Å²) >= 11 is 3.33. The third kappa shape index (κ3) is 3.99. The van der Waals surface area contributed by atoms with Crippen molar-refractivity contribution in [3.05, 3.63) is 58.5 Å². The van der Waals surface area contributed by atoms with Gasteiger partial charge >= 0.3 is 0 Å². The Bertz CT molecular complexity index is 1210. The van der Waals surface area contributed by atoms with Gasteiger partial charge in [-0.3, -0.25) is 9.59 Å². The van der Waals surface area contributed by atoms with Gasteiger partial charge in [0.1, 0.15) is 16.1 Å². The van der Waals surface area contributed by atoms with Crippen molar-refractivity contribution in [1.82, 2.24) is 19.9 Å². The number of nitrogens with one attached hydrogen (secondary N) is 2. The third-order valence-electron chi connectivity index (χ3n) is 5.86. The highest BCUT2D eigenvalue weighted by Crippen LogP contribution is 2.35. The zero-order valence-corrected chi connectivity index (χ0v) is 18.6. The first-order valence-electron chi connectivity index (χ1n) is 10.4. The van der Waals surface area contributed by atoms with Crippen molar-refractivity contribution in [2.75, 3.05) is 18.4 Å². The van der Waals surface area contributed by atoms with E-state index in [-0.39, 0.29) is 23.7 Å². The molecule has 2 amide bonds. The van der Waals surface area contributed by atoms with Crippen LogP contribution in [-0.2, 0) is 4.79 Å². The molecule has 7 nitrogen and oxygen atoms in total. The second-order valence-electron chi connectivity index (χ2n) is 8.20. The van der Waals surface area contributed by atoms with E-state index >= 15 is 0 Å². The molecular weight excluding hydrogens is 458 g/mol. The van der Waals surface area contributed by atoms with Crippen molar-refractivity contribution in [2.24, 2.45) is 11.8 Å². The summed E-state index contributed by atoms with van der Waals surface area (Å²) in [7, 11) is 0. The highest BCUT2D eigenvalue weighted by molar-refractivity contribution is 9.10. The van der Waals surface area contributed by atoms with Crippen LogP contribution in [0.15, 0.2) is 47.3 Å². The van der Waals surface area contributed by atoms with Gasteiger partial charge in [-0.25, -0.2) is 9.97 Å². The van der Waals surface area contributed by atoms with Crippen LogP contribution in [0.25, 0.3) is 16.6 Å². The summed E-state index contributed by atoms with van der Waals surface area (Å²) in [6.07, 6.45) is 7.49. The summed E-state index contributed by atoms with van der Waals surface area (Å²) in [5.41, 5.74) is 3.57. The van der Waals surface area contributed by atoms with Gasteiger partial charge in [-0.2, -0.15) is 0 Å². The zero-order valence-electron chi connectivity index (χ0n) is 17.1. The van der Waals surface area contributed by atoms with Gasteiger partial charge in [0.25, 0.3) is 5.91 Å². The fraction of sp³-hybridized carbons (Fsp3) is 0.304. The fourth-order valence-electron chi connectivity index (χ4n) is 4.09. The maximum atomic E-state index is 12.9. The monoisotopic (exact) mass is 479 g/mol. The molecular formula is C23H22BrN5O2. The molecule has 0 radical (unpaired) electrons. The highest BCUT2D eigenvalue weighted by Gasteiger charge is 2.30. The molecule has 0 aromatic carbocycles. The van der Waals surface area contributed by atoms with E-state index in [4.69, 9.17) is 0 Å². The van der Waals surface area contributed by atoms with Crippen molar-refractivity contribution < 1.29 is 9.59 Å². The van der Waals surface area contributed by atoms with Crippen LogP contribution in [0, 0.1) is 11.8 Å². The number of halogens is 1. The lowest BCUT2D eigenvalue weighted by Crippen LogP contribution is -2.38. The number of aromatic nitrogens is 3. The molecule has 8 heteroatoms. The van der Waals surface area contributed by atoms with E-state index in [1.807, 2.05) is 23.2 Å². The van der Waals surface area contributed by atoms with Crippen LogP contribution in [0.4, 0.5) is 5.82 Å². The van der Waals surface area contributed by atoms with E-state index in [9.17, 15) is 9.59 Å². The molecule has 2 aliphatic rings. The van der Waals surface area contributed by atoms with E-state index in [1.54, 1.807) is 18.3 Å². The molecule has 2 N–H and O–H groups in total. The Balaban J connectivity index is 1.44. The average Bonchev–Trinajstić information content (AvgIpc) is 3.51. The summed E-state index contributed by atoms with van der Waals surface area (Å²) in [6, 6.07) is 7.44. The maximum Gasteiger partial charge on any atom is 0.254 e. The lowest BCUT2D eigenvalue weighted by Gasteiger charge is -2.32. The Kier molecular flexibility index (Phi) is 5.09. The number of anilines is 1. The number of nitrogens with zero attached hydrogens (tertiary/aromatic N) is 3. The molecule has 1 aliphatic heterocycles. The van der Waals surface area contributed by atoms with E-state index in [2.05, 4.69) is 49.2 Å². The average molecular weight is 480 g/mol. The number of rotatable bonds is 4. The molecule has 1 unspecified atom stereocenters. The van der Waals surface area contributed by atoms with Crippen LogP contribution in [-0.4, -0.2) is 44.8 Å². The summed E-state index contributed by atoms with van der Waals surface area (Å²) in [6.45, 7) is 3.26. The van der Waals surface area contributed by atoms with Crippen molar-refractivity contribution in [2.45, 2.75) is 19.8 Å². The minimum atomic E-state index is -0.0100. The summed E-state index contributed by atoms with van der Waals surface area (Å²) in [5, 5.41) is 3.98. The smallest absolute Gasteiger partial charge is 0.254 e. The number of H-pyrrole nitrogens is 1. The molecule has 5 rings (SSSR count). The summed E-state index contributed by atoms with van der Waals surface area (Å²) < 4.78 is 0.645. The fourth-order valence-corrected chi connectivity index (χ4v) is 4.45. The van der Waals surface area contributed by atoms with Crippen LogP contribution in [0.3, 0.4) is 0 Å². The molecule has 31 heavy (non-hydrogen) atoms. The molecule has 3 aromatic rings. The molecule has 4 heterocycles. The third-order valence-corrected chi connectivity index (χ3v) is 6.29. The number of amides is 2. The minimum Gasteiger partial charge on any atom is -0.346 e. The number of fused-ring (bicyclic) bond motifs is 1. The largest absolute Gasteiger partial charge is 0.346 e. The Morgan fingerprint density at radius 2 is 2.10 bits per heavy atom. The molecule has 158 valence electrons. The van der Waals surface area contributed by atoms with Gasteiger partial charge in [0.15, 0.2) is 0 Å². The van der Waals surface area contributed by atoms with Gasteiger partial charge < -0.3 is 15.2 Å². The van der Waals surface area contributed by atoms with Crippen molar-refractivity contribution in [3.8, 4) is 0 Å². The number of carbonyl (C=O) groups excluding carboxylic acids is 2. The first-order valence-corrected chi connectivity index (χ1v) is 11.2. The van der Waals surface area contributed by atoms with Crippen LogP contribution >= 0.6 is 15.9 Å². The number of hydrogen-bond donors (Lipinski definition) is 2. The molecule has 0 spiro atoms. The van der Waals surface area contributed by atoms with Gasteiger partial charge in [0, 0.05) is 42.4 Å². The first kappa shape index (κ1) is 19.9. The highest BCUT2D eigenvalue weighted by atomic mass is 79.9. The summed E-state index contributed by atoms with van der Waals surface area (Å²) in [4.78, 5) is 38.9. The number of carbonyl (C=O) groups is 2. The molecule has 0 saturated heterocycles. The molecule has 3 aromatic heterocycles. The van der Waals surface area contributed by atoms with Gasteiger partial charge in [-0.15, -0.1) is 0 Å². The zero-order chi connectivity index (χ0) is 21.5. The maximum absolute atomic E-state index is 12.9. The predicted molar refractivity (Wildman–Crippen MR) is 122 cm³/mol. The van der Waals surface area contributed by atoms with Gasteiger partial charge in [-0.1, -0.05) is 13.0 Å². The van der Waals surface area contributed by atoms with Crippen molar-refractivity contribution >= 4 is 50.2 Å². The molecule has 0 bridgehead atoms. The van der Waals surface area contributed by atoms with Crippen LogP contribution in [0.1, 0.15) is 35.7 Å². The lowest BCUT2D eigenvalue weighted by atomic mass is 9.89. The van der Waals surface area contributed by atoms with Gasteiger partial charge in [0.05, 0.1) is 0 Å². The Hall–Kier alpha value is -3.00. The van der Waals surface area contributed by atoms with E-state index in [1.165, 1.54) is 0 Å². The normalized spacial score (nSPS) is 18.7. The van der Waals surface area contributed by atoms with Crippen LogP contribution < -0.4 is 5.32 Å². The molecule has 1 saturated carbocycles. The van der Waals surface area contributed by atoms with E-state index in [0.717, 1.165) is 35.0 Å². The first-order chi connectivity index (χ1) is 15.0. The topological polar surface area (TPSA) is 91.0 Å². The van der Waals surface area contributed by atoms with Crippen LogP contribution in [0.2, 0.25) is 0 Å². The Labute approximate surface area is 188 Å². The molecule has 1 aliphatic carbocycles. The second-order valence-corrected chi connectivity index (χ2v) is 9.01. The van der Waals surface area contributed by atoms with E-state index < -0.39 is 0 Å². The van der Waals surface area contributed by atoms with Crippen LogP contribution in [0.5, 0.6) is 0 Å². The summed E-state index contributed by atoms with van der Waals surface area (Å²) in [5.74, 6) is 0.843.